The molecule has 3 rings (SSSR count). The molecule has 0 saturated carbocycles. The van der Waals surface area contributed by atoms with E-state index in [1.165, 1.54) is 11.3 Å². The smallest absolute Gasteiger partial charge is 0.234 e. The average molecular weight is 296 g/mol. The summed E-state index contributed by atoms with van der Waals surface area (Å²) in [7, 11) is 0. The molecule has 0 aliphatic rings. The molecule has 0 saturated heterocycles. The first kappa shape index (κ1) is 9.73. The molecular weight excluding hydrogens is 290 g/mol. The monoisotopic (exact) mass is 295 g/mol. The molecular formula is C9H6BrN5S. The molecule has 7 heteroatoms. The van der Waals surface area contributed by atoms with E-state index in [9.17, 15) is 0 Å². The van der Waals surface area contributed by atoms with Crippen LogP contribution in [-0.4, -0.2) is 19.8 Å². The molecule has 0 bridgehead atoms. The van der Waals surface area contributed by atoms with Gasteiger partial charge in [-0.2, -0.15) is 9.61 Å². The second-order valence-electron chi connectivity index (χ2n) is 3.20. The number of hydrogen-bond acceptors (Lipinski definition) is 5. The first-order valence-electron chi connectivity index (χ1n) is 4.46. The number of hydrogen-bond donors (Lipinski definition) is 1. The summed E-state index contributed by atoms with van der Waals surface area (Å²) in [4.78, 5) is 0.775. The Hall–Kier alpha value is -1.47. The van der Waals surface area contributed by atoms with E-state index in [1.807, 2.05) is 18.2 Å². The van der Waals surface area contributed by atoms with Gasteiger partial charge in [-0.25, -0.2) is 0 Å². The number of nitrogen functional groups attached to an aromatic ring is 1. The Morgan fingerprint density at radius 3 is 3.00 bits per heavy atom. The highest BCUT2D eigenvalue weighted by Gasteiger charge is 2.08. The Balaban J connectivity index is 2.15. The van der Waals surface area contributed by atoms with E-state index in [-0.39, 0.29) is 0 Å². The highest BCUT2D eigenvalue weighted by molar-refractivity contribution is 9.10. The molecule has 0 unspecified atom stereocenters. The summed E-state index contributed by atoms with van der Waals surface area (Å²) >= 11 is 4.84. The summed E-state index contributed by atoms with van der Waals surface area (Å²) in [5.41, 5.74) is 7.50. The molecule has 2 aromatic heterocycles. The van der Waals surface area contributed by atoms with Crippen LogP contribution in [0.3, 0.4) is 0 Å². The van der Waals surface area contributed by atoms with Gasteiger partial charge in [0.2, 0.25) is 4.96 Å². The summed E-state index contributed by atoms with van der Waals surface area (Å²) in [6.07, 6.45) is 1.58. The molecule has 5 nitrogen and oxygen atoms in total. The van der Waals surface area contributed by atoms with Crippen molar-refractivity contribution in [2.45, 2.75) is 0 Å². The van der Waals surface area contributed by atoms with E-state index in [0.717, 1.165) is 20.0 Å². The van der Waals surface area contributed by atoms with Crippen LogP contribution in [0.25, 0.3) is 15.5 Å². The van der Waals surface area contributed by atoms with Crippen LogP contribution in [0.2, 0.25) is 0 Å². The zero-order valence-electron chi connectivity index (χ0n) is 7.96. The van der Waals surface area contributed by atoms with Crippen molar-refractivity contribution in [2.24, 2.45) is 0 Å². The van der Waals surface area contributed by atoms with Crippen molar-refractivity contribution in [3.8, 4) is 10.6 Å². The molecule has 16 heavy (non-hydrogen) atoms. The van der Waals surface area contributed by atoms with Crippen molar-refractivity contribution < 1.29 is 0 Å². The first-order valence-corrected chi connectivity index (χ1v) is 6.07. The summed E-state index contributed by atoms with van der Waals surface area (Å²) in [5, 5.41) is 12.9. The lowest BCUT2D eigenvalue weighted by Crippen LogP contribution is -1.88. The van der Waals surface area contributed by atoms with E-state index in [0.29, 0.717) is 5.69 Å². The second-order valence-corrected chi connectivity index (χ2v) is 5.01. The van der Waals surface area contributed by atoms with Crippen molar-refractivity contribution >= 4 is 37.9 Å². The van der Waals surface area contributed by atoms with Gasteiger partial charge in [0.15, 0.2) is 0 Å². The fourth-order valence-electron chi connectivity index (χ4n) is 1.35. The highest BCUT2D eigenvalue weighted by Crippen LogP contribution is 2.29. The molecule has 3 aromatic rings. The van der Waals surface area contributed by atoms with Gasteiger partial charge < -0.3 is 5.73 Å². The van der Waals surface area contributed by atoms with Gasteiger partial charge in [-0.05, 0) is 28.1 Å². The lowest BCUT2D eigenvalue weighted by atomic mass is 10.2. The number of anilines is 1. The van der Waals surface area contributed by atoms with Crippen LogP contribution in [0.1, 0.15) is 0 Å². The maximum Gasteiger partial charge on any atom is 0.234 e. The number of rotatable bonds is 1. The van der Waals surface area contributed by atoms with Gasteiger partial charge in [0, 0.05) is 15.7 Å². The van der Waals surface area contributed by atoms with Gasteiger partial charge in [-0.1, -0.05) is 17.4 Å². The Labute approximate surface area is 103 Å². The normalized spacial score (nSPS) is 11.1. The zero-order valence-corrected chi connectivity index (χ0v) is 10.4. The number of aromatic nitrogens is 4. The van der Waals surface area contributed by atoms with Gasteiger partial charge in [-0.3, -0.25) is 0 Å². The van der Waals surface area contributed by atoms with E-state index in [4.69, 9.17) is 5.73 Å². The number of nitrogens with zero attached hydrogens (tertiary/aromatic N) is 4. The minimum absolute atomic E-state index is 0.698. The Kier molecular flexibility index (Phi) is 2.15. The lowest BCUT2D eigenvalue weighted by molar-refractivity contribution is 0.960. The molecule has 0 aliphatic carbocycles. The SMILES string of the molecule is Nc1cc(-c2nn3cnnc3s2)ccc1Br. The van der Waals surface area contributed by atoms with Crippen molar-refractivity contribution in [3.05, 3.63) is 29.0 Å². The lowest BCUT2D eigenvalue weighted by Gasteiger charge is -1.99. The van der Waals surface area contributed by atoms with Crippen LogP contribution < -0.4 is 5.73 Å². The Morgan fingerprint density at radius 2 is 2.25 bits per heavy atom. The molecule has 0 spiro atoms. The number of nitrogens with two attached hydrogens (primary N) is 1. The topological polar surface area (TPSA) is 69.1 Å². The summed E-state index contributed by atoms with van der Waals surface area (Å²) in [6, 6.07) is 5.76. The van der Waals surface area contributed by atoms with Crippen LogP contribution in [-0.2, 0) is 0 Å². The molecule has 0 amide bonds. The highest BCUT2D eigenvalue weighted by atomic mass is 79.9. The molecule has 80 valence electrons. The van der Waals surface area contributed by atoms with E-state index in [1.54, 1.807) is 10.8 Å². The van der Waals surface area contributed by atoms with Crippen molar-refractivity contribution in [2.75, 3.05) is 5.73 Å². The third-order valence-corrected chi connectivity index (χ3v) is 3.81. The summed E-state index contributed by atoms with van der Waals surface area (Å²) in [5.74, 6) is 0. The fraction of sp³-hybridized carbons (Fsp3) is 0. The molecule has 2 N–H and O–H groups in total. The van der Waals surface area contributed by atoms with E-state index in [2.05, 4.69) is 31.2 Å². The maximum absolute atomic E-state index is 5.82. The van der Waals surface area contributed by atoms with Crippen LogP contribution in [0.5, 0.6) is 0 Å². The molecule has 2 heterocycles. The van der Waals surface area contributed by atoms with E-state index >= 15 is 0 Å². The molecule has 0 atom stereocenters. The van der Waals surface area contributed by atoms with Crippen molar-refractivity contribution in [1.29, 1.82) is 0 Å². The Morgan fingerprint density at radius 1 is 1.38 bits per heavy atom. The standard InChI is InChI=1S/C9H6BrN5S/c10-6-2-1-5(3-7(6)11)8-14-15-4-12-13-9(15)16-8/h1-4H,11H2. The number of halogens is 1. The minimum Gasteiger partial charge on any atom is -0.398 e. The minimum atomic E-state index is 0.698. The van der Waals surface area contributed by atoms with Gasteiger partial charge in [-0.15, -0.1) is 10.2 Å². The average Bonchev–Trinajstić information content (AvgIpc) is 2.81. The van der Waals surface area contributed by atoms with Crippen LogP contribution in [0.4, 0.5) is 5.69 Å². The van der Waals surface area contributed by atoms with Crippen LogP contribution in [0.15, 0.2) is 29.0 Å². The van der Waals surface area contributed by atoms with Crippen molar-refractivity contribution in [1.82, 2.24) is 19.8 Å². The van der Waals surface area contributed by atoms with Gasteiger partial charge >= 0.3 is 0 Å². The third kappa shape index (κ3) is 1.48. The number of benzene rings is 1. The Bertz CT molecular complexity index is 630. The van der Waals surface area contributed by atoms with E-state index < -0.39 is 0 Å². The maximum atomic E-state index is 5.82. The fourth-order valence-corrected chi connectivity index (χ4v) is 2.42. The number of fused-ring (bicyclic) bond motifs is 1. The predicted octanol–water partition coefficient (Wildman–Crippen LogP) is 2.20. The quantitative estimate of drug-likeness (QED) is 0.699. The van der Waals surface area contributed by atoms with Crippen molar-refractivity contribution in [3.63, 3.8) is 0 Å². The molecule has 0 radical (unpaired) electrons. The zero-order chi connectivity index (χ0) is 11.1. The third-order valence-electron chi connectivity index (χ3n) is 2.13. The predicted molar refractivity (Wildman–Crippen MR) is 66.2 cm³/mol. The van der Waals surface area contributed by atoms with Crippen LogP contribution >= 0.6 is 27.3 Å². The molecule has 0 fully saturated rings. The molecule has 0 aliphatic heterocycles. The largest absolute Gasteiger partial charge is 0.398 e. The summed E-state index contributed by atoms with van der Waals surface area (Å²) in [6.45, 7) is 0. The molecule has 1 aromatic carbocycles. The van der Waals surface area contributed by atoms with Gasteiger partial charge in [0.05, 0.1) is 0 Å². The van der Waals surface area contributed by atoms with Gasteiger partial charge in [0.25, 0.3) is 0 Å². The first-order chi connectivity index (χ1) is 7.74. The summed E-state index contributed by atoms with van der Waals surface area (Å²) < 4.78 is 2.54. The second kappa shape index (κ2) is 3.53. The van der Waals surface area contributed by atoms with Crippen LogP contribution in [0, 0.1) is 0 Å². The van der Waals surface area contributed by atoms with Gasteiger partial charge in [0.1, 0.15) is 11.3 Å².